The van der Waals surface area contributed by atoms with Gasteiger partial charge in [-0.2, -0.15) is 0 Å². The fourth-order valence-electron chi connectivity index (χ4n) is 1.18. The quantitative estimate of drug-likeness (QED) is 0.458. The molecule has 2 N–H and O–H groups in total. The molecule has 0 amide bonds. The number of aromatic nitrogens is 2. The third kappa shape index (κ3) is 2.04. The molecule has 5 nitrogen and oxygen atoms in total. The van der Waals surface area contributed by atoms with Crippen molar-refractivity contribution in [2.75, 3.05) is 0 Å². The highest BCUT2D eigenvalue weighted by atomic mass is 32.1. The number of rotatable bonds is 3. The number of Topliss-reactive ketones (excluding diaryl/α,β-unsaturated/α-hetero) is 1. The second-order valence-corrected chi connectivity index (χ2v) is 3.30. The number of aromatic hydroxyl groups is 1. The predicted octanol–water partition coefficient (Wildman–Crippen LogP) is 1.00. The van der Waals surface area contributed by atoms with Crippen LogP contribution in [0.4, 0.5) is 0 Å². The summed E-state index contributed by atoms with van der Waals surface area (Å²) in [4.78, 5) is 24.7. The van der Waals surface area contributed by atoms with Crippen molar-refractivity contribution >= 4 is 18.0 Å². The van der Waals surface area contributed by atoms with Crippen molar-refractivity contribution in [3.05, 3.63) is 33.3 Å². The van der Waals surface area contributed by atoms with Crippen LogP contribution in [-0.4, -0.2) is 20.4 Å². The molecule has 6 heteroatoms. The Morgan fingerprint density at radius 2 is 2.33 bits per heavy atom. The smallest absolute Gasteiger partial charge is 0.266 e. The Hall–Kier alpha value is -1.69. The maximum absolute atomic E-state index is 11.3. The second kappa shape index (κ2) is 4.22. The van der Waals surface area contributed by atoms with Gasteiger partial charge in [0, 0.05) is 6.54 Å². The molecule has 0 fully saturated rings. The molecular formula is C9H10N2O3S. The summed E-state index contributed by atoms with van der Waals surface area (Å²) in [5.41, 5.74) is -0.962. The van der Waals surface area contributed by atoms with Crippen LogP contribution in [-0.2, 0) is 6.54 Å². The fourth-order valence-corrected chi connectivity index (χ4v) is 1.43. The molecule has 0 bridgehead atoms. The number of allylic oxidation sites excluding steroid dienone is 1. The van der Waals surface area contributed by atoms with Crippen molar-refractivity contribution in [3.8, 4) is 5.88 Å². The molecule has 0 unspecified atom stereocenters. The first-order valence-corrected chi connectivity index (χ1v) is 4.57. The lowest BCUT2D eigenvalue weighted by atomic mass is 10.2. The molecule has 1 heterocycles. The number of carbonyl (C=O) groups is 1. The summed E-state index contributed by atoms with van der Waals surface area (Å²) in [6.07, 6.45) is 1.50. The number of nitrogens with one attached hydrogen (secondary N) is 1. The summed E-state index contributed by atoms with van der Waals surface area (Å²) in [5.74, 6) is -0.933. The number of hydrogen-bond acceptors (Lipinski definition) is 4. The van der Waals surface area contributed by atoms with E-state index in [1.807, 2.05) is 0 Å². The number of H-pyrrole nitrogens is 1. The zero-order valence-electron chi connectivity index (χ0n) is 8.11. The Balaban J connectivity index is 3.63. The molecule has 0 aromatic carbocycles. The van der Waals surface area contributed by atoms with Crippen LogP contribution in [0.2, 0.25) is 0 Å². The molecule has 1 rings (SSSR count). The normalized spacial score (nSPS) is 9.93. The minimum absolute atomic E-state index is 0.0578. The molecule has 0 atom stereocenters. The summed E-state index contributed by atoms with van der Waals surface area (Å²) in [6, 6.07) is 0. The van der Waals surface area contributed by atoms with E-state index in [2.05, 4.69) is 11.6 Å². The van der Waals surface area contributed by atoms with Gasteiger partial charge in [0.25, 0.3) is 5.56 Å². The van der Waals surface area contributed by atoms with Gasteiger partial charge < -0.3 is 5.11 Å². The number of aromatic amines is 1. The molecular weight excluding hydrogens is 216 g/mol. The Kier molecular flexibility index (Phi) is 3.21. The lowest BCUT2D eigenvalue weighted by Gasteiger charge is -2.08. The average Bonchev–Trinajstić information content (AvgIpc) is 2.11. The number of nitrogens with zero attached hydrogens (tertiary/aromatic N) is 1. The first kappa shape index (κ1) is 11.4. The molecule has 0 saturated heterocycles. The van der Waals surface area contributed by atoms with E-state index in [4.69, 9.17) is 12.2 Å². The summed E-state index contributed by atoms with van der Waals surface area (Å²) in [5, 5.41) is 9.66. The topological polar surface area (TPSA) is 75.1 Å². The lowest BCUT2D eigenvalue weighted by molar-refractivity contribution is 0.101. The molecule has 0 spiro atoms. The van der Waals surface area contributed by atoms with Crippen LogP contribution in [0.25, 0.3) is 0 Å². The molecule has 1 aromatic heterocycles. The van der Waals surface area contributed by atoms with E-state index in [1.165, 1.54) is 17.6 Å². The molecule has 0 radical (unpaired) electrons. The van der Waals surface area contributed by atoms with E-state index in [0.29, 0.717) is 0 Å². The second-order valence-electron chi connectivity index (χ2n) is 2.91. The van der Waals surface area contributed by atoms with E-state index in [1.54, 1.807) is 0 Å². The molecule has 1 aromatic rings. The van der Waals surface area contributed by atoms with Gasteiger partial charge >= 0.3 is 0 Å². The van der Waals surface area contributed by atoms with Gasteiger partial charge in [-0.25, -0.2) is 0 Å². The molecule has 15 heavy (non-hydrogen) atoms. The molecule has 0 aliphatic carbocycles. The zero-order valence-corrected chi connectivity index (χ0v) is 8.93. The highest BCUT2D eigenvalue weighted by molar-refractivity contribution is 7.71. The Labute approximate surface area is 90.7 Å². The molecule has 0 aliphatic rings. The summed E-state index contributed by atoms with van der Waals surface area (Å²) in [7, 11) is 0. The van der Waals surface area contributed by atoms with Gasteiger partial charge in [0.05, 0.1) is 0 Å². The van der Waals surface area contributed by atoms with Crippen LogP contribution >= 0.6 is 12.2 Å². The van der Waals surface area contributed by atoms with Gasteiger partial charge in [-0.1, -0.05) is 6.08 Å². The first-order valence-electron chi connectivity index (χ1n) is 4.17. The summed E-state index contributed by atoms with van der Waals surface area (Å²) >= 11 is 4.83. The number of ketones is 1. The van der Waals surface area contributed by atoms with Crippen molar-refractivity contribution in [2.45, 2.75) is 13.5 Å². The van der Waals surface area contributed by atoms with E-state index in [-0.39, 0.29) is 16.9 Å². The number of hydrogen-bond donors (Lipinski definition) is 2. The molecule has 0 aliphatic heterocycles. The lowest BCUT2D eigenvalue weighted by Crippen LogP contribution is -2.21. The highest BCUT2D eigenvalue weighted by Crippen LogP contribution is 2.13. The monoisotopic (exact) mass is 226 g/mol. The van der Waals surface area contributed by atoms with Crippen LogP contribution < -0.4 is 5.56 Å². The molecule has 80 valence electrons. The minimum atomic E-state index is -0.676. The first-order chi connectivity index (χ1) is 6.99. The van der Waals surface area contributed by atoms with Gasteiger partial charge in [-0.3, -0.25) is 19.1 Å². The molecule has 0 saturated carbocycles. The van der Waals surface area contributed by atoms with Crippen molar-refractivity contribution in [2.24, 2.45) is 0 Å². The largest absolute Gasteiger partial charge is 0.494 e. The summed E-state index contributed by atoms with van der Waals surface area (Å²) < 4.78 is 1.28. The van der Waals surface area contributed by atoms with Gasteiger partial charge in [0.2, 0.25) is 5.88 Å². The standard InChI is InChI=1S/C9H10N2O3S/c1-3-4-11-8(14)6(5(2)12)7(13)10-9(11)15/h3,14H,1,4H2,2H3,(H,10,13,15). The fraction of sp³-hybridized carbons (Fsp3) is 0.222. The van der Waals surface area contributed by atoms with E-state index >= 15 is 0 Å². The van der Waals surface area contributed by atoms with Crippen molar-refractivity contribution in [3.63, 3.8) is 0 Å². The van der Waals surface area contributed by atoms with Crippen molar-refractivity contribution in [1.29, 1.82) is 0 Å². The van der Waals surface area contributed by atoms with E-state index in [9.17, 15) is 14.7 Å². The minimum Gasteiger partial charge on any atom is -0.494 e. The van der Waals surface area contributed by atoms with Crippen LogP contribution in [0.15, 0.2) is 17.4 Å². The highest BCUT2D eigenvalue weighted by Gasteiger charge is 2.15. The Morgan fingerprint density at radius 3 is 2.80 bits per heavy atom. The van der Waals surface area contributed by atoms with Crippen molar-refractivity contribution < 1.29 is 9.90 Å². The summed E-state index contributed by atoms with van der Waals surface area (Å²) in [6.45, 7) is 4.90. The van der Waals surface area contributed by atoms with Crippen LogP contribution in [0.1, 0.15) is 17.3 Å². The Bertz CT molecular complexity index is 527. The van der Waals surface area contributed by atoms with E-state index < -0.39 is 17.2 Å². The van der Waals surface area contributed by atoms with Gasteiger partial charge in [-0.15, -0.1) is 6.58 Å². The third-order valence-corrected chi connectivity index (χ3v) is 2.16. The third-order valence-electron chi connectivity index (χ3n) is 1.84. The maximum atomic E-state index is 11.3. The van der Waals surface area contributed by atoms with Crippen LogP contribution in [0.5, 0.6) is 5.88 Å². The van der Waals surface area contributed by atoms with Gasteiger partial charge in [-0.05, 0) is 19.1 Å². The zero-order chi connectivity index (χ0) is 11.6. The Morgan fingerprint density at radius 1 is 1.73 bits per heavy atom. The van der Waals surface area contributed by atoms with Crippen LogP contribution in [0, 0.1) is 4.77 Å². The van der Waals surface area contributed by atoms with Gasteiger partial charge in [0.15, 0.2) is 10.6 Å². The van der Waals surface area contributed by atoms with Crippen molar-refractivity contribution in [1.82, 2.24) is 9.55 Å². The maximum Gasteiger partial charge on any atom is 0.266 e. The van der Waals surface area contributed by atoms with Gasteiger partial charge in [0.1, 0.15) is 5.56 Å². The SMILES string of the molecule is C=CCn1c(O)c(C(C)=O)c(=O)[nH]c1=S. The van der Waals surface area contributed by atoms with E-state index in [0.717, 1.165) is 0 Å². The number of carbonyl (C=O) groups excluding carboxylic acids is 1. The average molecular weight is 226 g/mol. The van der Waals surface area contributed by atoms with Crippen LogP contribution in [0.3, 0.4) is 0 Å². The predicted molar refractivity (Wildman–Crippen MR) is 57.8 cm³/mol.